The van der Waals surface area contributed by atoms with Crippen LogP contribution in [0.1, 0.15) is 58.4 Å². The second kappa shape index (κ2) is 6.73. The van der Waals surface area contributed by atoms with Gasteiger partial charge in [-0.05, 0) is 12.8 Å². The zero-order valence-electron chi connectivity index (χ0n) is 13.2. The maximum absolute atomic E-state index is 6.28. The minimum atomic E-state index is -0.536. The maximum atomic E-state index is 6.28. The Balaban J connectivity index is 2.11. The van der Waals surface area contributed by atoms with E-state index in [1.54, 1.807) is 0 Å². The van der Waals surface area contributed by atoms with Crippen molar-refractivity contribution in [3.8, 4) is 0 Å². The van der Waals surface area contributed by atoms with Gasteiger partial charge in [0.2, 0.25) is 0 Å². The lowest BCUT2D eigenvalue weighted by Gasteiger charge is -2.46. The van der Waals surface area contributed by atoms with Crippen molar-refractivity contribution in [1.29, 1.82) is 0 Å². The molecule has 2 nitrogen and oxygen atoms in total. The topological polar surface area (TPSA) is 18.5 Å². The van der Waals surface area contributed by atoms with Crippen molar-refractivity contribution >= 4 is 0 Å². The molecule has 20 heavy (non-hydrogen) atoms. The summed E-state index contributed by atoms with van der Waals surface area (Å²) < 4.78 is 12.6. The molecule has 1 aliphatic heterocycles. The first kappa shape index (κ1) is 15.5. The lowest BCUT2D eigenvalue weighted by Crippen LogP contribution is -2.47. The second-order valence-electron chi connectivity index (χ2n) is 6.01. The molecule has 2 heteroatoms. The van der Waals surface area contributed by atoms with Crippen molar-refractivity contribution in [3.05, 3.63) is 35.9 Å². The van der Waals surface area contributed by atoms with Crippen LogP contribution in [0.25, 0.3) is 0 Å². The van der Waals surface area contributed by atoms with Crippen molar-refractivity contribution in [2.45, 2.75) is 58.7 Å². The smallest absolute Gasteiger partial charge is 0.194 e. The maximum Gasteiger partial charge on any atom is 0.194 e. The standard InChI is InChI=1S/C18H28O2/c1-4-7-13-17(5-2)14-19-18(6-3,20-15-17)16-11-9-8-10-12-16/h8-12H,4-7,13-15H2,1-3H3. The van der Waals surface area contributed by atoms with Gasteiger partial charge in [0.25, 0.3) is 0 Å². The van der Waals surface area contributed by atoms with E-state index < -0.39 is 5.79 Å². The molecular formula is C18H28O2. The van der Waals surface area contributed by atoms with Crippen LogP contribution in [0.3, 0.4) is 0 Å². The van der Waals surface area contributed by atoms with Crippen molar-refractivity contribution < 1.29 is 9.47 Å². The molecule has 0 atom stereocenters. The first-order chi connectivity index (χ1) is 9.70. The Morgan fingerprint density at radius 3 is 2.10 bits per heavy atom. The van der Waals surface area contributed by atoms with Gasteiger partial charge in [-0.3, -0.25) is 0 Å². The summed E-state index contributed by atoms with van der Waals surface area (Å²) in [5, 5.41) is 0. The molecule has 0 aromatic heterocycles. The van der Waals surface area contributed by atoms with Gasteiger partial charge in [-0.15, -0.1) is 0 Å². The van der Waals surface area contributed by atoms with E-state index in [9.17, 15) is 0 Å². The Kier molecular flexibility index (Phi) is 5.22. The minimum Gasteiger partial charge on any atom is -0.345 e. The molecule has 0 bridgehead atoms. The largest absolute Gasteiger partial charge is 0.345 e. The fraction of sp³-hybridized carbons (Fsp3) is 0.667. The fourth-order valence-electron chi connectivity index (χ4n) is 2.97. The molecule has 1 fully saturated rings. The van der Waals surface area contributed by atoms with Crippen LogP contribution in [0.2, 0.25) is 0 Å². The molecule has 1 heterocycles. The molecule has 0 spiro atoms. The van der Waals surface area contributed by atoms with Crippen LogP contribution in [0.15, 0.2) is 30.3 Å². The third-order valence-corrected chi connectivity index (χ3v) is 4.71. The molecule has 1 aromatic carbocycles. The Bertz CT molecular complexity index is 391. The number of rotatable bonds is 6. The van der Waals surface area contributed by atoms with Gasteiger partial charge in [-0.25, -0.2) is 0 Å². The second-order valence-corrected chi connectivity index (χ2v) is 6.01. The minimum absolute atomic E-state index is 0.212. The molecule has 0 saturated carbocycles. The molecule has 0 N–H and O–H groups in total. The quantitative estimate of drug-likeness (QED) is 0.737. The predicted octanol–water partition coefficient (Wildman–Crippen LogP) is 4.88. The third-order valence-electron chi connectivity index (χ3n) is 4.71. The van der Waals surface area contributed by atoms with Crippen LogP contribution in [0.4, 0.5) is 0 Å². The Hall–Kier alpha value is -0.860. The van der Waals surface area contributed by atoms with Crippen molar-refractivity contribution in [3.63, 3.8) is 0 Å². The van der Waals surface area contributed by atoms with Crippen LogP contribution in [0, 0.1) is 5.41 Å². The van der Waals surface area contributed by atoms with Crippen LogP contribution in [0.5, 0.6) is 0 Å². The predicted molar refractivity (Wildman–Crippen MR) is 82.6 cm³/mol. The molecule has 2 rings (SSSR count). The van der Waals surface area contributed by atoms with E-state index in [0.717, 1.165) is 31.6 Å². The van der Waals surface area contributed by atoms with E-state index in [1.807, 2.05) is 6.07 Å². The highest BCUT2D eigenvalue weighted by atomic mass is 16.7. The van der Waals surface area contributed by atoms with Gasteiger partial charge in [0, 0.05) is 17.4 Å². The van der Waals surface area contributed by atoms with Gasteiger partial charge in [0.1, 0.15) is 0 Å². The van der Waals surface area contributed by atoms with E-state index in [0.29, 0.717) is 0 Å². The Morgan fingerprint density at radius 1 is 0.950 bits per heavy atom. The highest BCUT2D eigenvalue weighted by Crippen LogP contribution is 2.42. The summed E-state index contributed by atoms with van der Waals surface area (Å²) in [5.41, 5.74) is 1.35. The Morgan fingerprint density at radius 2 is 1.60 bits per heavy atom. The average molecular weight is 276 g/mol. The lowest BCUT2D eigenvalue weighted by molar-refractivity contribution is -0.316. The normalized spacial score (nSPS) is 30.4. The summed E-state index contributed by atoms with van der Waals surface area (Å²) in [4.78, 5) is 0. The number of unbranched alkanes of at least 4 members (excludes halogenated alkanes) is 1. The number of hydrogen-bond donors (Lipinski definition) is 0. The zero-order chi connectivity index (χ0) is 14.5. The molecular weight excluding hydrogens is 248 g/mol. The summed E-state index contributed by atoms with van der Waals surface area (Å²) in [6.45, 7) is 8.26. The molecule has 1 aromatic rings. The van der Waals surface area contributed by atoms with Crippen molar-refractivity contribution in [2.75, 3.05) is 13.2 Å². The summed E-state index contributed by atoms with van der Waals surface area (Å²) >= 11 is 0. The van der Waals surface area contributed by atoms with E-state index in [4.69, 9.17) is 9.47 Å². The van der Waals surface area contributed by atoms with Crippen molar-refractivity contribution in [1.82, 2.24) is 0 Å². The molecule has 0 amide bonds. The SMILES string of the molecule is CCCCC1(CC)COC(CC)(c2ccccc2)OC1. The molecule has 1 aliphatic rings. The van der Waals surface area contributed by atoms with Gasteiger partial charge < -0.3 is 9.47 Å². The van der Waals surface area contributed by atoms with Crippen LogP contribution in [-0.4, -0.2) is 13.2 Å². The molecule has 0 aliphatic carbocycles. The molecule has 112 valence electrons. The third kappa shape index (κ3) is 3.07. The van der Waals surface area contributed by atoms with Gasteiger partial charge in [0.15, 0.2) is 5.79 Å². The van der Waals surface area contributed by atoms with Gasteiger partial charge in [-0.1, -0.05) is 63.9 Å². The van der Waals surface area contributed by atoms with Gasteiger partial charge >= 0.3 is 0 Å². The summed E-state index contributed by atoms with van der Waals surface area (Å²) in [5.74, 6) is -0.536. The number of benzene rings is 1. The summed E-state index contributed by atoms with van der Waals surface area (Å²) in [6.07, 6.45) is 5.67. The van der Waals surface area contributed by atoms with E-state index in [-0.39, 0.29) is 5.41 Å². The fourth-order valence-corrected chi connectivity index (χ4v) is 2.97. The monoisotopic (exact) mass is 276 g/mol. The van der Waals surface area contributed by atoms with Crippen LogP contribution in [-0.2, 0) is 15.3 Å². The molecule has 0 radical (unpaired) electrons. The number of ether oxygens (including phenoxy) is 2. The van der Waals surface area contributed by atoms with E-state index in [2.05, 4.69) is 45.0 Å². The average Bonchev–Trinajstić information content (AvgIpc) is 2.54. The van der Waals surface area contributed by atoms with Crippen molar-refractivity contribution in [2.24, 2.45) is 5.41 Å². The van der Waals surface area contributed by atoms with E-state index >= 15 is 0 Å². The summed E-state index contributed by atoms with van der Waals surface area (Å²) in [7, 11) is 0. The lowest BCUT2D eigenvalue weighted by atomic mass is 9.80. The van der Waals surface area contributed by atoms with E-state index in [1.165, 1.54) is 19.3 Å². The van der Waals surface area contributed by atoms with Crippen LogP contribution >= 0.6 is 0 Å². The summed E-state index contributed by atoms with van der Waals surface area (Å²) in [6, 6.07) is 10.4. The highest BCUT2D eigenvalue weighted by molar-refractivity contribution is 5.20. The van der Waals surface area contributed by atoms with Gasteiger partial charge in [-0.2, -0.15) is 0 Å². The Labute approximate surface area is 123 Å². The number of hydrogen-bond acceptors (Lipinski definition) is 2. The first-order valence-corrected chi connectivity index (χ1v) is 8.04. The van der Waals surface area contributed by atoms with Gasteiger partial charge in [0.05, 0.1) is 13.2 Å². The molecule has 1 saturated heterocycles. The highest BCUT2D eigenvalue weighted by Gasteiger charge is 2.43. The zero-order valence-corrected chi connectivity index (χ0v) is 13.2. The van der Waals surface area contributed by atoms with Crippen LogP contribution < -0.4 is 0 Å². The first-order valence-electron chi connectivity index (χ1n) is 8.04. The molecule has 0 unspecified atom stereocenters.